The van der Waals surface area contributed by atoms with Crippen LogP contribution in [-0.2, 0) is 12.1 Å². The largest absolute Gasteiger partial charge is 0.384 e. The Morgan fingerprint density at radius 3 is 2.62 bits per heavy atom. The molecule has 0 bridgehead atoms. The van der Waals surface area contributed by atoms with Crippen LogP contribution in [0.3, 0.4) is 0 Å². The van der Waals surface area contributed by atoms with Gasteiger partial charge in [-0.15, -0.1) is 24.0 Å². The van der Waals surface area contributed by atoms with Gasteiger partial charge in [0.25, 0.3) is 0 Å². The number of guanidine groups is 1. The predicted octanol–water partition coefficient (Wildman–Crippen LogP) is 2.86. The summed E-state index contributed by atoms with van der Waals surface area (Å²) >= 11 is 0. The van der Waals surface area contributed by atoms with Gasteiger partial charge in [0.2, 0.25) is 0 Å². The third-order valence-electron chi connectivity index (χ3n) is 3.68. The number of aliphatic imine (C=N–C) groups is 1. The molecule has 1 aromatic carbocycles. The first-order valence-corrected chi connectivity index (χ1v) is 8.04. The fourth-order valence-electron chi connectivity index (χ4n) is 2.29. The number of imidazole rings is 1. The van der Waals surface area contributed by atoms with Crippen LogP contribution in [0.2, 0.25) is 0 Å². The van der Waals surface area contributed by atoms with Gasteiger partial charge in [0, 0.05) is 18.9 Å². The van der Waals surface area contributed by atoms with Crippen molar-refractivity contribution in [1.29, 1.82) is 0 Å². The molecule has 1 atom stereocenters. The van der Waals surface area contributed by atoms with Crippen LogP contribution in [-0.4, -0.2) is 33.7 Å². The van der Waals surface area contributed by atoms with E-state index in [1.54, 1.807) is 6.92 Å². The minimum absolute atomic E-state index is 0. The summed E-state index contributed by atoms with van der Waals surface area (Å²) in [5, 5.41) is 16.7. The van der Waals surface area contributed by atoms with Crippen LogP contribution in [0.15, 0.2) is 47.7 Å². The SMILES string of the molecule is CCNC(=NCc1nccn1C(F)F)NCC(C)(O)c1ccccc1.I. The standard InChI is InChI=1S/C17H23F2N5O.HI/c1-3-20-16(22-11-14-21-9-10-24(14)15(18)19)23-12-17(2,25)13-7-5-4-6-8-13;/h4-10,15,25H,3,11-12H2,1-2H3,(H2,20,22,23);1H. The number of hydrogen-bond donors (Lipinski definition) is 3. The molecule has 1 aromatic heterocycles. The van der Waals surface area contributed by atoms with Crippen molar-refractivity contribution in [1.82, 2.24) is 20.2 Å². The number of nitrogens with one attached hydrogen (secondary N) is 2. The quantitative estimate of drug-likeness (QED) is 0.325. The topological polar surface area (TPSA) is 74.5 Å². The molecule has 0 aliphatic carbocycles. The van der Waals surface area contributed by atoms with Gasteiger partial charge in [-0.25, -0.2) is 9.98 Å². The number of halogens is 3. The third kappa shape index (κ3) is 6.20. The van der Waals surface area contributed by atoms with Crippen LogP contribution in [0.5, 0.6) is 0 Å². The van der Waals surface area contributed by atoms with Gasteiger partial charge in [-0.05, 0) is 19.4 Å². The van der Waals surface area contributed by atoms with Crippen LogP contribution in [0.4, 0.5) is 8.78 Å². The Morgan fingerprint density at radius 2 is 2.00 bits per heavy atom. The lowest BCUT2D eigenvalue weighted by Gasteiger charge is -2.25. The maximum absolute atomic E-state index is 12.8. The Balaban J connectivity index is 0.00000338. The average molecular weight is 479 g/mol. The highest BCUT2D eigenvalue weighted by molar-refractivity contribution is 14.0. The maximum atomic E-state index is 12.8. The van der Waals surface area contributed by atoms with Gasteiger partial charge in [-0.2, -0.15) is 8.78 Å². The Kier molecular flexibility index (Phi) is 8.93. The molecule has 0 radical (unpaired) electrons. The number of aliphatic hydroxyl groups is 1. The lowest BCUT2D eigenvalue weighted by molar-refractivity contribution is 0.0617. The van der Waals surface area contributed by atoms with E-state index < -0.39 is 12.2 Å². The fourth-order valence-corrected chi connectivity index (χ4v) is 2.29. The molecule has 0 spiro atoms. The van der Waals surface area contributed by atoms with Gasteiger partial charge in [-0.3, -0.25) is 4.57 Å². The highest BCUT2D eigenvalue weighted by Gasteiger charge is 2.23. The van der Waals surface area contributed by atoms with E-state index in [-0.39, 0.29) is 42.9 Å². The molecule has 3 N–H and O–H groups in total. The second-order valence-electron chi connectivity index (χ2n) is 5.72. The first kappa shape index (κ1) is 22.3. The van der Waals surface area contributed by atoms with Crippen LogP contribution in [0, 0.1) is 0 Å². The lowest BCUT2D eigenvalue weighted by Crippen LogP contribution is -2.44. The molecule has 0 saturated carbocycles. The number of hydrogen-bond acceptors (Lipinski definition) is 3. The molecule has 2 rings (SSSR count). The number of nitrogens with zero attached hydrogens (tertiary/aromatic N) is 3. The average Bonchev–Trinajstić information content (AvgIpc) is 3.07. The second kappa shape index (κ2) is 10.4. The van der Waals surface area contributed by atoms with Crippen LogP contribution in [0.25, 0.3) is 0 Å². The zero-order valence-electron chi connectivity index (χ0n) is 14.7. The summed E-state index contributed by atoms with van der Waals surface area (Å²) in [5.74, 6) is 0.588. The van der Waals surface area contributed by atoms with Gasteiger partial charge in [0.1, 0.15) is 18.0 Å². The van der Waals surface area contributed by atoms with E-state index in [2.05, 4.69) is 20.6 Å². The van der Waals surface area contributed by atoms with Crippen molar-refractivity contribution in [2.45, 2.75) is 32.5 Å². The summed E-state index contributed by atoms with van der Waals surface area (Å²) in [6.07, 6.45) is 2.54. The van der Waals surface area contributed by atoms with Gasteiger partial charge < -0.3 is 15.7 Å². The molecule has 0 aliphatic rings. The van der Waals surface area contributed by atoms with E-state index in [4.69, 9.17) is 0 Å². The summed E-state index contributed by atoms with van der Waals surface area (Å²) in [6, 6.07) is 9.26. The van der Waals surface area contributed by atoms with E-state index in [0.29, 0.717) is 12.5 Å². The number of benzene rings is 1. The highest BCUT2D eigenvalue weighted by atomic mass is 127. The Bertz CT molecular complexity index is 691. The smallest absolute Gasteiger partial charge is 0.319 e. The van der Waals surface area contributed by atoms with E-state index in [0.717, 1.165) is 10.1 Å². The van der Waals surface area contributed by atoms with Gasteiger partial charge in [0.05, 0.1) is 6.54 Å². The van der Waals surface area contributed by atoms with Crippen LogP contribution < -0.4 is 10.6 Å². The Labute approximate surface area is 168 Å². The molecule has 0 saturated heterocycles. The predicted molar refractivity (Wildman–Crippen MR) is 108 cm³/mol. The molecular formula is C17H24F2IN5O. The highest BCUT2D eigenvalue weighted by Crippen LogP contribution is 2.19. The number of aromatic nitrogens is 2. The third-order valence-corrected chi connectivity index (χ3v) is 3.68. The molecule has 1 heterocycles. The summed E-state index contributed by atoms with van der Waals surface area (Å²) in [4.78, 5) is 8.16. The van der Waals surface area contributed by atoms with Crippen molar-refractivity contribution in [3.8, 4) is 0 Å². The molecule has 9 heteroatoms. The van der Waals surface area contributed by atoms with Crippen molar-refractivity contribution in [3.63, 3.8) is 0 Å². The normalized spacial score (nSPS) is 13.8. The van der Waals surface area contributed by atoms with Crippen molar-refractivity contribution in [2.75, 3.05) is 13.1 Å². The Hall–Kier alpha value is -1.75. The molecule has 144 valence electrons. The molecule has 0 fully saturated rings. The molecular weight excluding hydrogens is 455 g/mol. The molecule has 2 aromatic rings. The fraction of sp³-hybridized carbons (Fsp3) is 0.412. The number of rotatable bonds is 7. The first-order valence-electron chi connectivity index (χ1n) is 8.04. The molecule has 26 heavy (non-hydrogen) atoms. The molecule has 1 unspecified atom stereocenters. The van der Waals surface area contributed by atoms with E-state index in [9.17, 15) is 13.9 Å². The lowest BCUT2D eigenvalue weighted by atomic mass is 9.96. The van der Waals surface area contributed by atoms with E-state index >= 15 is 0 Å². The zero-order chi connectivity index (χ0) is 18.3. The van der Waals surface area contributed by atoms with Crippen molar-refractivity contribution < 1.29 is 13.9 Å². The summed E-state index contributed by atoms with van der Waals surface area (Å²) in [5.41, 5.74) is -0.328. The van der Waals surface area contributed by atoms with Crippen molar-refractivity contribution in [2.24, 2.45) is 4.99 Å². The first-order chi connectivity index (χ1) is 11.9. The summed E-state index contributed by atoms with van der Waals surface area (Å²) < 4.78 is 26.4. The minimum atomic E-state index is -2.65. The Morgan fingerprint density at radius 1 is 1.31 bits per heavy atom. The maximum Gasteiger partial charge on any atom is 0.319 e. The van der Waals surface area contributed by atoms with Gasteiger partial charge >= 0.3 is 6.55 Å². The minimum Gasteiger partial charge on any atom is -0.384 e. The number of alkyl halides is 2. The monoisotopic (exact) mass is 479 g/mol. The van der Waals surface area contributed by atoms with Gasteiger partial charge in [-0.1, -0.05) is 30.3 Å². The van der Waals surface area contributed by atoms with Crippen molar-refractivity contribution in [3.05, 3.63) is 54.1 Å². The molecule has 0 amide bonds. The zero-order valence-corrected chi connectivity index (χ0v) is 17.0. The molecule has 0 aliphatic heterocycles. The van der Waals surface area contributed by atoms with E-state index in [1.807, 2.05) is 37.3 Å². The van der Waals surface area contributed by atoms with Crippen LogP contribution in [0.1, 0.15) is 31.8 Å². The van der Waals surface area contributed by atoms with Gasteiger partial charge in [0.15, 0.2) is 5.96 Å². The summed E-state index contributed by atoms with van der Waals surface area (Å²) in [6.45, 7) is 1.76. The van der Waals surface area contributed by atoms with Crippen LogP contribution >= 0.6 is 24.0 Å². The molecule has 6 nitrogen and oxygen atoms in total. The second-order valence-corrected chi connectivity index (χ2v) is 5.72. The van der Waals surface area contributed by atoms with Crippen molar-refractivity contribution >= 4 is 29.9 Å². The summed E-state index contributed by atoms with van der Waals surface area (Å²) in [7, 11) is 0. The van der Waals surface area contributed by atoms with E-state index in [1.165, 1.54) is 12.4 Å².